The Morgan fingerprint density at radius 2 is 1.90 bits per heavy atom. The van der Waals surface area contributed by atoms with Crippen molar-refractivity contribution in [2.24, 2.45) is 0 Å². The highest BCUT2D eigenvalue weighted by Gasteiger charge is 2.15. The third kappa shape index (κ3) is 2.29. The maximum Gasteiger partial charge on any atom is 0.337 e. The average Bonchev–Trinajstić information content (AvgIpc) is 2.82. The van der Waals surface area contributed by atoms with Crippen molar-refractivity contribution in [1.29, 1.82) is 0 Å². The van der Waals surface area contributed by atoms with E-state index in [4.69, 9.17) is 0 Å². The summed E-state index contributed by atoms with van der Waals surface area (Å²) in [6, 6.07) is 13.4. The van der Waals surface area contributed by atoms with Crippen molar-refractivity contribution in [3.63, 3.8) is 0 Å². The first-order valence-corrected chi connectivity index (χ1v) is 7.70. The van der Waals surface area contributed by atoms with Crippen LogP contribution in [0, 0.1) is 6.92 Å². The van der Waals surface area contributed by atoms with E-state index in [1.54, 1.807) is 23.9 Å². The lowest BCUT2D eigenvalue weighted by Gasteiger charge is -2.07. The second-order valence-corrected chi connectivity index (χ2v) is 5.55. The first-order chi connectivity index (χ1) is 10.1. The molecule has 21 heavy (non-hydrogen) atoms. The molecule has 0 unspecified atom stereocenters. The Labute approximate surface area is 126 Å². The molecule has 0 fully saturated rings. The smallest absolute Gasteiger partial charge is 0.337 e. The first-order valence-electron chi connectivity index (χ1n) is 6.47. The average molecular weight is 298 g/mol. The Balaban J connectivity index is 2.24. The van der Waals surface area contributed by atoms with Crippen LogP contribution in [0.4, 0.5) is 0 Å². The summed E-state index contributed by atoms with van der Waals surface area (Å²) in [5.41, 5.74) is 2.55. The molecular weight excluding hydrogens is 284 g/mol. The van der Waals surface area contributed by atoms with Gasteiger partial charge in [-0.1, -0.05) is 6.07 Å². The number of carbonyl (C=O) groups is 1. The molecule has 1 aromatic heterocycles. The molecule has 0 radical (unpaired) electrons. The molecule has 4 nitrogen and oxygen atoms in total. The molecule has 3 rings (SSSR count). The number of hydrogen-bond donors (Lipinski definition) is 1. The Kier molecular flexibility index (Phi) is 3.43. The summed E-state index contributed by atoms with van der Waals surface area (Å²) in [6.45, 7) is 1.88. The third-order valence-electron chi connectivity index (χ3n) is 3.41. The number of fused-ring (bicyclic) bond motifs is 1. The highest BCUT2D eigenvalue weighted by Crippen LogP contribution is 2.25. The second kappa shape index (κ2) is 5.26. The van der Waals surface area contributed by atoms with Gasteiger partial charge in [0.1, 0.15) is 11.3 Å². The molecule has 0 atom stereocenters. The van der Waals surface area contributed by atoms with Gasteiger partial charge in [-0.3, -0.25) is 4.57 Å². The zero-order valence-electron chi connectivity index (χ0n) is 11.7. The van der Waals surface area contributed by atoms with Gasteiger partial charge in [-0.2, -0.15) is 0 Å². The van der Waals surface area contributed by atoms with Crippen LogP contribution in [0.25, 0.3) is 16.7 Å². The van der Waals surface area contributed by atoms with Gasteiger partial charge in [0.15, 0.2) is 0 Å². The first kappa shape index (κ1) is 13.7. The van der Waals surface area contributed by atoms with E-state index in [0.29, 0.717) is 5.52 Å². The largest absolute Gasteiger partial charge is 0.478 e. The summed E-state index contributed by atoms with van der Waals surface area (Å²) in [5, 5.41) is 9.27. The van der Waals surface area contributed by atoms with E-state index in [2.05, 4.69) is 4.98 Å². The van der Waals surface area contributed by atoms with E-state index in [9.17, 15) is 9.90 Å². The van der Waals surface area contributed by atoms with Crippen LogP contribution in [-0.2, 0) is 0 Å². The van der Waals surface area contributed by atoms with Gasteiger partial charge in [-0.15, -0.1) is 11.8 Å². The standard InChI is InChI=1S/C16H14N2O2S/c1-10-17-15-13(16(19)20)4-3-5-14(15)18(10)11-6-8-12(21-2)9-7-11/h3-9H,1-2H3,(H,19,20). The number of carboxylic acid groups (broad SMARTS) is 1. The van der Waals surface area contributed by atoms with Crippen molar-refractivity contribution < 1.29 is 9.90 Å². The van der Waals surface area contributed by atoms with Crippen LogP contribution < -0.4 is 0 Å². The minimum absolute atomic E-state index is 0.232. The highest BCUT2D eigenvalue weighted by molar-refractivity contribution is 7.98. The molecule has 0 amide bonds. The summed E-state index contributed by atoms with van der Waals surface area (Å²) in [5.74, 6) is -0.182. The van der Waals surface area contributed by atoms with Crippen LogP contribution in [0.15, 0.2) is 47.4 Å². The van der Waals surface area contributed by atoms with E-state index in [-0.39, 0.29) is 5.56 Å². The van der Waals surface area contributed by atoms with Crippen molar-refractivity contribution in [3.8, 4) is 5.69 Å². The molecule has 5 heteroatoms. The Bertz CT molecular complexity index is 822. The van der Waals surface area contributed by atoms with Gasteiger partial charge in [0.2, 0.25) is 0 Å². The number of imidazole rings is 1. The van der Waals surface area contributed by atoms with Crippen molar-refractivity contribution in [1.82, 2.24) is 9.55 Å². The number of para-hydroxylation sites is 1. The van der Waals surface area contributed by atoms with Gasteiger partial charge >= 0.3 is 5.97 Å². The number of aromatic nitrogens is 2. The summed E-state index contributed by atoms with van der Waals surface area (Å²) in [7, 11) is 0. The molecule has 0 saturated carbocycles. The summed E-state index contributed by atoms with van der Waals surface area (Å²) < 4.78 is 1.98. The number of aryl methyl sites for hydroxylation is 1. The maximum absolute atomic E-state index is 11.3. The zero-order valence-corrected chi connectivity index (χ0v) is 12.5. The van der Waals surface area contributed by atoms with Gasteiger partial charge in [-0.25, -0.2) is 9.78 Å². The highest BCUT2D eigenvalue weighted by atomic mass is 32.2. The van der Waals surface area contributed by atoms with Crippen molar-refractivity contribution in [2.45, 2.75) is 11.8 Å². The fourth-order valence-corrected chi connectivity index (χ4v) is 2.85. The minimum Gasteiger partial charge on any atom is -0.478 e. The number of aromatic carboxylic acids is 1. The van der Waals surface area contributed by atoms with Crippen LogP contribution in [0.2, 0.25) is 0 Å². The van der Waals surface area contributed by atoms with Gasteiger partial charge in [0, 0.05) is 10.6 Å². The normalized spacial score (nSPS) is 11.0. The van der Waals surface area contributed by atoms with E-state index in [1.165, 1.54) is 4.90 Å². The minimum atomic E-state index is -0.956. The van der Waals surface area contributed by atoms with Crippen LogP contribution >= 0.6 is 11.8 Å². The molecule has 0 bridgehead atoms. The van der Waals surface area contributed by atoms with E-state index < -0.39 is 5.97 Å². The van der Waals surface area contributed by atoms with E-state index >= 15 is 0 Å². The maximum atomic E-state index is 11.3. The van der Waals surface area contributed by atoms with Crippen molar-refractivity contribution >= 4 is 28.8 Å². The fourth-order valence-electron chi connectivity index (χ4n) is 2.45. The van der Waals surface area contributed by atoms with E-state index in [0.717, 1.165) is 17.0 Å². The number of carboxylic acids is 1. The van der Waals surface area contributed by atoms with Crippen LogP contribution in [-0.4, -0.2) is 26.9 Å². The van der Waals surface area contributed by atoms with Crippen LogP contribution in [0.1, 0.15) is 16.2 Å². The van der Waals surface area contributed by atoms with E-state index in [1.807, 2.05) is 48.1 Å². The molecule has 1 heterocycles. The fraction of sp³-hybridized carbons (Fsp3) is 0.125. The predicted molar refractivity (Wildman–Crippen MR) is 84.5 cm³/mol. The molecule has 0 saturated heterocycles. The lowest BCUT2D eigenvalue weighted by molar-refractivity contribution is 0.0699. The Hall–Kier alpha value is -2.27. The molecule has 0 aliphatic heterocycles. The van der Waals surface area contributed by atoms with Crippen LogP contribution in [0.5, 0.6) is 0 Å². The molecule has 0 spiro atoms. The van der Waals surface area contributed by atoms with Crippen LogP contribution in [0.3, 0.4) is 0 Å². The number of benzene rings is 2. The quantitative estimate of drug-likeness (QED) is 0.748. The van der Waals surface area contributed by atoms with Gasteiger partial charge in [-0.05, 0) is 49.6 Å². The Morgan fingerprint density at radius 3 is 2.52 bits per heavy atom. The number of thioether (sulfide) groups is 1. The SMILES string of the molecule is CSc1ccc(-n2c(C)nc3c(C(=O)O)cccc32)cc1. The third-order valence-corrected chi connectivity index (χ3v) is 4.16. The molecule has 106 valence electrons. The molecule has 2 aromatic carbocycles. The topological polar surface area (TPSA) is 55.1 Å². The number of nitrogens with zero attached hydrogens (tertiary/aromatic N) is 2. The summed E-state index contributed by atoms with van der Waals surface area (Å²) in [6.07, 6.45) is 2.03. The number of hydrogen-bond acceptors (Lipinski definition) is 3. The molecule has 0 aliphatic rings. The van der Waals surface area contributed by atoms with Crippen molar-refractivity contribution in [2.75, 3.05) is 6.26 Å². The molecule has 3 aromatic rings. The molecular formula is C16H14N2O2S. The molecule has 0 aliphatic carbocycles. The predicted octanol–water partition coefficient (Wildman–Crippen LogP) is 3.75. The second-order valence-electron chi connectivity index (χ2n) is 4.67. The van der Waals surface area contributed by atoms with Crippen molar-refractivity contribution in [3.05, 3.63) is 53.9 Å². The zero-order chi connectivity index (χ0) is 15.0. The molecule has 1 N–H and O–H groups in total. The summed E-state index contributed by atoms with van der Waals surface area (Å²) in [4.78, 5) is 16.9. The number of rotatable bonds is 3. The summed E-state index contributed by atoms with van der Waals surface area (Å²) >= 11 is 1.69. The monoisotopic (exact) mass is 298 g/mol. The van der Waals surface area contributed by atoms with Gasteiger partial charge in [0.25, 0.3) is 0 Å². The lowest BCUT2D eigenvalue weighted by Crippen LogP contribution is -1.98. The Morgan fingerprint density at radius 1 is 1.19 bits per heavy atom. The van der Waals surface area contributed by atoms with Gasteiger partial charge in [0.05, 0.1) is 11.1 Å². The van der Waals surface area contributed by atoms with Gasteiger partial charge < -0.3 is 5.11 Å². The lowest BCUT2D eigenvalue weighted by atomic mass is 10.2.